The molecule has 0 radical (unpaired) electrons. The van der Waals surface area contributed by atoms with Crippen LogP contribution in [0.5, 0.6) is 0 Å². The molecule has 13 heteroatoms. The van der Waals surface area contributed by atoms with E-state index in [0.717, 1.165) is 26.2 Å². The van der Waals surface area contributed by atoms with Crippen LogP contribution >= 0.6 is 11.3 Å². The Morgan fingerprint density at radius 1 is 1.24 bits per heavy atom. The van der Waals surface area contributed by atoms with Gasteiger partial charge in [0.25, 0.3) is 5.56 Å². The first-order valence-electron chi connectivity index (χ1n) is 10.8. The average molecular weight is 487 g/mol. The van der Waals surface area contributed by atoms with Crippen LogP contribution in [-0.2, 0) is 9.53 Å². The standard InChI is InChI=1S/C21H26N8O4S/c1-21(2,3)33-20(32)24-12-16(30)25-14-10-13(4-5-23-14)18-27-29-17(31)11-15(26-19(29)34-18)28-8-6-22-7-9-28/h4-5,10-11,22H,6-9,12H2,1-3H3,(H,24,32)(H,23,25,30). The summed E-state index contributed by atoms with van der Waals surface area (Å²) in [7, 11) is 0. The minimum absolute atomic E-state index is 0.253. The Bertz CT molecular complexity index is 1260. The van der Waals surface area contributed by atoms with Gasteiger partial charge in [0.2, 0.25) is 10.9 Å². The topological polar surface area (TPSA) is 143 Å². The Balaban J connectivity index is 1.47. The second-order valence-corrected chi connectivity index (χ2v) is 9.58. The smallest absolute Gasteiger partial charge is 0.408 e. The predicted octanol–water partition coefficient (Wildman–Crippen LogP) is 1.09. The SMILES string of the molecule is CC(C)(C)OC(=O)NCC(=O)Nc1cc(-c2nn3c(=O)cc(N4CCNCC4)nc3s2)ccn1. The third-order valence-electron chi connectivity index (χ3n) is 4.74. The lowest BCUT2D eigenvalue weighted by atomic mass is 10.2. The second kappa shape index (κ2) is 9.73. The molecule has 12 nitrogen and oxygen atoms in total. The van der Waals surface area contributed by atoms with Crippen molar-refractivity contribution in [1.82, 2.24) is 30.2 Å². The van der Waals surface area contributed by atoms with Gasteiger partial charge in [-0.3, -0.25) is 9.59 Å². The summed E-state index contributed by atoms with van der Waals surface area (Å²) in [4.78, 5) is 47.9. The molecule has 0 bridgehead atoms. The number of rotatable bonds is 5. The maximum Gasteiger partial charge on any atom is 0.408 e. The number of nitrogens with one attached hydrogen (secondary N) is 3. The lowest BCUT2D eigenvalue weighted by molar-refractivity contribution is -0.115. The molecule has 180 valence electrons. The van der Waals surface area contributed by atoms with Gasteiger partial charge in [0.1, 0.15) is 28.8 Å². The molecule has 0 atom stereocenters. The minimum atomic E-state index is -0.683. The highest BCUT2D eigenvalue weighted by atomic mass is 32.1. The molecule has 0 unspecified atom stereocenters. The Kier molecular flexibility index (Phi) is 6.75. The van der Waals surface area contributed by atoms with E-state index >= 15 is 0 Å². The molecule has 1 aliphatic rings. The van der Waals surface area contributed by atoms with Gasteiger partial charge in [0.15, 0.2) is 0 Å². The summed E-state index contributed by atoms with van der Waals surface area (Å²) in [6, 6.07) is 4.87. The number of aromatic nitrogens is 4. The third-order valence-corrected chi connectivity index (χ3v) is 5.70. The van der Waals surface area contributed by atoms with E-state index in [4.69, 9.17) is 4.74 Å². The largest absolute Gasteiger partial charge is 0.444 e. The second-order valence-electron chi connectivity index (χ2n) is 8.62. The lowest BCUT2D eigenvalue weighted by Gasteiger charge is -2.27. The maximum absolute atomic E-state index is 12.6. The lowest BCUT2D eigenvalue weighted by Crippen LogP contribution is -2.44. The summed E-state index contributed by atoms with van der Waals surface area (Å²) >= 11 is 1.27. The van der Waals surface area contributed by atoms with Crippen LogP contribution in [0, 0.1) is 0 Å². The van der Waals surface area contributed by atoms with Crippen molar-refractivity contribution < 1.29 is 14.3 Å². The van der Waals surface area contributed by atoms with Crippen molar-refractivity contribution in [1.29, 1.82) is 0 Å². The zero-order chi connectivity index (χ0) is 24.3. The van der Waals surface area contributed by atoms with Crippen LogP contribution in [0.2, 0.25) is 0 Å². The van der Waals surface area contributed by atoms with Crippen LogP contribution in [0.3, 0.4) is 0 Å². The summed E-state index contributed by atoms with van der Waals surface area (Å²) in [5.41, 5.74) is -0.239. The van der Waals surface area contributed by atoms with Crippen LogP contribution in [0.15, 0.2) is 29.2 Å². The highest BCUT2D eigenvalue weighted by molar-refractivity contribution is 7.19. The molecule has 0 aromatic carbocycles. The summed E-state index contributed by atoms with van der Waals surface area (Å²) in [6.45, 7) is 8.19. The number of piperazine rings is 1. The van der Waals surface area contributed by atoms with E-state index in [1.165, 1.54) is 28.1 Å². The normalized spacial score (nSPS) is 14.1. The van der Waals surface area contributed by atoms with Gasteiger partial charge < -0.3 is 25.6 Å². The Morgan fingerprint density at radius 3 is 2.74 bits per heavy atom. The van der Waals surface area contributed by atoms with Crippen molar-refractivity contribution in [2.45, 2.75) is 26.4 Å². The third kappa shape index (κ3) is 5.85. The highest BCUT2D eigenvalue weighted by Crippen LogP contribution is 2.26. The quantitative estimate of drug-likeness (QED) is 0.483. The van der Waals surface area contributed by atoms with Crippen molar-refractivity contribution in [2.24, 2.45) is 0 Å². The number of pyridine rings is 1. The first-order chi connectivity index (χ1) is 16.2. The molecule has 0 aliphatic carbocycles. The van der Waals surface area contributed by atoms with E-state index in [1.807, 2.05) is 0 Å². The molecule has 1 fully saturated rings. The van der Waals surface area contributed by atoms with Gasteiger partial charge in [0, 0.05) is 44.0 Å². The zero-order valence-electron chi connectivity index (χ0n) is 19.1. The number of nitrogens with zero attached hydrogens (tertiary/aromatic N) is 5. The van der Waals surface area contributed by atoms with Crippen molar-refractivity contribution in [3.63, 3.8) is 0 Å². The highest BCUT2D eigenvalue weighted by Gasteiger charge is 2.18. The summed E-state index contributed by atoms with van der Waals surface area (Å²) in [6.07, 6.45) is 0.845. The van der Waals surface area contributed by atoms with Gasteiger partial charge in [-0.2, -0.15) is 9.61 Å². The molecule has 1 saturated heterocycles. The fraction of sp³-hybridized carbons (Fsp3) is 0.429. The maximum atomic E-state index is 12.6. The van der Waals surface area contributed by atoms with Crippen molar-refractivity contribution in [3.8, 4) is 10.6 Å². The van der Waals surface area contributed by atoms with Gasteiger partial charge in [-0.1, -0.05) is 11.3 Å². The Hall–Kier alpha value is -3.58. The number of amides is 2. The zero-order valence-corrected chi connectivity index (χ0v) is 19.9. The molecule has 3 N–H and O–H groups in total. The van der Waals surface area contributed by atoms with Gasteiger partial charge >= 0.3 is 6.09 Å². The van der Waals surface area contributed by atoms with Crippen LogP contribution in [0.1, 0.15) is 20.8 Å². The first kappa shape index (κ1) is 23.6. The summed E-state index contributed by atoms with van der Waals surface area (Å²) < 4.78 is 6.38. The molecular formula is C21H26N8O4S. The number of hydrogen-bond acceptors (Lipinski definition) is 10. The van der Waals surface area contributed by atoms with Crippen LogP contribution in [0.25, 0.3) is 15.5 Å². The van der Waals surface area contributed by atoms with E-state index in [0.29, 0.717) is 21.3 Å². The monoisotopic (exact) mass is 486 g/mol. The van der Waals surface area contributed by atoms with Crippen molar-refractivity contribution >= 4 is 39.9 Å². The molecule has 0 spiro atoms. The predicted molar refractivity (Wildman–Crippen MR) is 128 cm³/mol. The van der Waals surface area contributed by atoms with Gasteiger partial charge in [0.05, 0.1) is 0 Å². The molecule has 1 aliphatic heterocycles. The van der Waals surface area contributed by atoms with Gasteiger partial charge in [-0.25, -0.2) is 14.8 Å². The number of alkyl carbamates (subject to hydrolysis) is 1. The molecule has 2 amide bonds. The van der Waals surface area contributed by atoms with Crippen LogP contribution in [0.4, 0.5) is 16.4 Å². The van der Waals surface area contributed by atoms with Crippen LogP contribution in [-0.4, -0.2) is 69.9 Å². The fourth-order valence-electron chi connectivity index (χ4n) is 3.26. The summed E-state index contributed by atoms with van der Waals surface area (Å²) in [5.74, 6) is 0.467. The Labute approximate surface area is 199 Å². The van der Waals surface area contributed by atoms with Crippen LogP contribution < -0.4 is 26.4 Å². The number of carbonyl (C=O) groups excluding carboxylic acids is 2. The van der Waals surface area contributed by atoms with Crippen molar-refractivity contribution in [3.05, 3.63) is 34.7 Å². The number of anilines is 2. The summed E-state index contributed by atoms with van der Waals surface area (Å²) in [5, 5.41) is 13.3. The van der Waals surface area contributed by atoms with Crippen molar-refractivity contribution in [2.75, 3.05) is 42.9 Å². The molecular weight excluding hydrogens is 460 g/mol. The number of fused-ring (bicyclic) bond motifs is 1. The molecule has 0 saturated carbocycles. The number of carbonyl (C=O) groups is 2. The fourth-order valence-corrected chi connectivity index (χ4v) is 4.15. The van der Waals surface area contributed by atoms with E-state index in [9.17, 15) is 14.4 Å². The van der Waals surface area contributed by atoms with E-state index in [2.05, 4.69) is 35.9 Å². The van der Waals surface area contributed by atoms with Gasteiger partial charge in [-0.05, 0) is 32.9 Å². The Morgan fingerprint density at radius 2 is 2.00 bits per heavy atom. The van der Waals surface area contributed by atoms with E-state index in [-0.39, 0.29) is 17.9 Å². The molecule has 34 heavy (non-hydrogen) atoms. The first-order valence-corrected chi connectivity index (χ1v) is 11.6. The molecule has 4 rings (SSSR count). The number of hydrogen-bond donors (Lipinski definition) is 3. The van der Waals surface area contributed by atoms with Gasteiger partial charge in [-0.15, -0.1) is 0 Å². The molecule has 4 heterocycles. The van der Waals surface area contributed by atoms with E-state index in [1.54, 1.807) is 32.9 Å². The molecule has 3 aromatic rings. The minimum Gasteiger partial charge on any atom is -0.444 e. The van der Waals surface area contributed by atoms with E-state index < -0.39 is 17.6 Å². The molecule has 3 aromatic heterocycles. The average Bonchev–Trinajstić information content (AvgIpc) is 3.22. The number of ether oxygens (including phenoxy) is 1.